The third kappa shape index (κ3) is 7.55. The van der Waals surface area contributed by atoms with Crippen molar-refractivity contribution in [2.45, 2.75) is 5.75 Å². The fourth-order valence-electron chi connectivity index (χ4n) is 1.84. The van der Waals surface area contributed by atoms with E-state index in [0.29, 0.717) is 5.56 Å². The zero-order valence-electron chi connectivity index (χ0n) is 13.8. The van der Waals surface area contributed by atoms with E-state index >= 15 is 0 Å². The van der Waals surface area contributed by atoms with Gasteiger partial charge in [-0.1, -0.05) is 30.3 Å². The molecule has 2 aromatic rings. The number of nitrogens with zero attached hydrogens (tertiary/aromatic N) is 1. The Morgan fingerprint density at radius 1 is 1.08 bits per heavy atom. The van der Waals surface area contributed by atoms with Crippen LogP contribution in [0.1, 0.15) is 5.56 Å². The first-order valence-electron chi connectivity index (χ1n) is 6.92. The van der Waals surface area contributed by atoms with Gasteiger partial charge in [-0.2, -0.15) is 0 Å². The van der Waals surface area contributed by atoms with Crippen molar-refractivity contribution in [1.82, 2.24) is 4.72 Å². The molecular formula is C14H14N2NaO7PS. The van der Waals surface area contributed by atoms with Crippen molar-refractivity contribution in [3.8, 4) is 5.75 Å². The maximum atomic E-state index is 11.9. The van der Waals surface area contributed by atoms with Crippen LogP contribution in [0.25, 0.3) is 0 Å². The minimum atomic E-state index is -4.56. The Balaban J connectivity index is 0.00000338. The molecular weight excluding hydrogens is 394 g/mol. The molecule has 1 atom stereocenters. The van der Waals surface area contributed by atoms with Crippen LogP contribution in [-0.2, 0) is 20.3 Å². The molecule has 1 unspecified atom stereocenters. The molecule has 0 fully saturated rings. The second-order valence-corrected chi connectivity index (χ2v) is 8.53. The van der Waals surface area contributed by atoms with Crippen molar-refractivity contribution in [1.29, 1.82) is 0 Å². The van der Waals surface area contributed by atoms with Gasteiger partial charge in [0.2, 0.25) is 10.0 Å². The Hall–Kier alpha value is -1.26. The fraction of sp³-hybridized carbons (Fsp3) is 0.143. The van der Waals surface area contributed by atoms with E-state index in [2.05, 4.69) is 0 Å². The van der Waals surface area contributed by atoms with E-state index in [1.807, 2.05) is 4.72 Å². The van der Waals surface area contributed by atoms with Crippen LogP contribution in [0.2, 0.25) is 0 Å². The first-order valence-corrected chi connectivity index (χ1v) is 10.3. The van der Waals surface area contributed by atoms with E-state index in [1.54, 1.807) is 30.3 Å². The van der Waals surface area contributed by atoms with Gasteiger partial charge in [0.1, 0.15) is 5.75 Å². The molecule has 0 heterocycles. The zero-order chi connectivity index (χ0) is 18.5. The van der Waals surface area contributed by atoms with Gasteiger partial charge in [0.25, 0.3) is 5.69 Å². The van der Waals surface area contributed by atoms with Gasteiger partial charge in [0.05, 0.1) is 17.0 Å². The molecule has 12 heteroatoms. The predicted octanol–water partition coefficient (Wildman–Crippen LogP) is -1.39. The Morgan fingerprint density at radius 3 is 2.19 bits per heavy atom. The van der Waals surface area contributed by atoms with Gasteiger partial charge in [-0.25, -0.2) is 13.1 Å². The molecule has 2 aromatic carbocycles. The Morgan fingerprint density at radius 2 is 1.65 bits per heavy atom. The summed E-state index contributed by atoms with van der Waals surface area (Å²) in [5.41, 5.74) is 0.281. The quantitative estimate of drug-likeness (QED) is 0.246. The van der Waals surface area contributed by atoms with E-state index < -0.39 is 28.8 Å². The summed E-state index contributed by atoms with van der Waals surface area (Å²) >= 11 is 0. The molecule has 0 radical (unpaired) electrons. The van der Waals surface area contributed by atoms with Crippen LogP contribution in [0.15, 0.2) is 54.6 Å². The molecule has 0 saturated carbocycles. The molecule has 0 saturated heterocycles. The molecule has 9 nitrogen and oxygen atoms in total. The monoisotopic (exact) mass is 408 g/mol. The molecule has 26 heavy (non-hydrogen) atoms. The largest absolute Gasteiger partial charge is 1.00 e. The molecule has 1 N–H and O–H groups in total. The Labute approximate surface area is 172 Å². The van der Waals surface area contributed by atoms with Crippen LogP contribution in [-0.4, -0.2) is 19.6 Å². The van der Waals surface area contributed by atoms with Crippen molar-refractivity contribution >= 4 is 23.3 Å². The number of non-ortho nitro benzene ring substituents is 1. The van der Waals surface area contributed by atoms with Crippen molar-refractivity contribution in [2.24, 2.45) is 0 Å². The number of nitro benzene ring substituents is 1. The number of nitrogens with one attached hydrogen (secondary N) is 1. The summed E-state index contributed by atoms with van der Waals surface area (Å²) < 4.78 is 42.4. The van der Waals surface area contributed by atoms with Gasteiger partial charge in [-0.05, 0) is 17.7 Å². The summed E-state index contributed by atoms with van der Waals surface area (Å²) in [7, 11) is -8.43. The van der Waals surface area contributed by atoms with Crippen molar-refractivity contribution in [3.05, 3.63) is 70.3 Å². The van der Waals surface area contributed by atoms with Gasteiger partial charge < -0.3 is 9.42 Å². The van der Waals surface area contributed by atoms with Crippen molar-refractivity contribution in [2.75, 3.05) is 6.29 Å². The third-order valence-corrected chi connectivity index (χ3v) is 5.52. The zero-order valence-corrected chi connectivity index (χ0v) is 17.5. The van der Waals surface area contributed by atoms with Crippen LogP contribution in [0, 0.1) is 10.1 Å². The molecule has 0 aliphatic rings. The van der Waals surface area contributed by atoms with Gasteiger partial charge in [-0.15, -0.1) is 0 Å². The van der Waals surface area contributed by atoms with Gasteiger partial charge in [-0.3, -0.25) is 14.7 Å². The maximum absolute atomic E-state index is 11.9. The van der Waals surface area contributed by atoms with Gasteiger partial charge in [0.15, 0.2) is 7.60 Å². The number of hydrogen-bond acceptors (Lipinski definition) is 7. The van der Waals surface area contributed by atoms with Crippen molar-refractivity contribution < 1.29 is 56.9 Å². The standard InChI is InChI=1S/C14H15N2O7PS.Na/c17-16(18)13-6-8-14(9-7-13)23-24(19,20)11-15-25(21,22)10-12-4-2-1-3-5-12;/h1-9,15H,10-11H2,(H,19,20);/q;+1/p-1. The van der Waals surface area contributed by atoms with E-state index in [-0.39, 0.29) is 46.7 Å². The molecule has 134 valence electrons. The summed E-state index contributed by atoms with van der Waals surface area (Å²) in [6.45, 7) is 0. The summed E-state index contributed by atoms with van der Waals surface area (Å²) in [5.74, 6) is -0.517. The first kappa shape index (κ1) is 22.8. The number of hydrogen-bond donors (Lipinski definition) is 1. The Bertz CT molecular complexity index is 891. The summed E-state index contributed by atoms with van der Waals surface area (Å²) in [5, 5.41) is 10.5. The van der Waals surface area contributed by atoms with Crippen LogP contribution >= 0.6 is 7.60 Å². The second kappa shape index (κ2) is 9.61. The molecule has 0 aliphatic heterocycles. The number of benzene rings is 2. The molecule has 0 aromatic heterocycles. The minimum absolute atomic E-state index is 0. The average Bonchev–Trinajstić information content (AvgIpc) is 2.54. The van der Waals surface area contributed by atoms with E-state index in [1.165, 1.54) is 0 Å². The second-order valence-electron chi connectivity index (χ2n) is 5.00. The fourth-order valence-corrected chi connectivity index (χ4v) is 4.50. The van der Waals surface area contributed by atoms with Crippen LogP contribution in [0.4, 0.5) is 5.69 Å². The number of rotatable bonds is 8. The topological polar surface area (TPSA) is 139 Å². The van der Waals surface area contributed by atoms with Crippen LogP contribution in [0.5, 0.6) is 5.75 Å². The third-order valence-electron chi connectivity index (χ3n) is 2.97. The van der Waals surface area contributed by atoms with E-state index in [4.69, 9.17) is 4.52 Å². The summed E-state index contributed by atoms with van der Waals surface area (Å²) in [4.78, 5) is 21.8. The van der Waals surface area contributed by atoms with Gasteiger partial charge >= 0.3 is 29.6 Å². The Kier molecular flexibility index (Phi) is 8.42. The smallest absolute Gasteiger partial charge is 0.768 e. The molecule has 0 aliphatic carbocycles. The molecule has 0 amide bonds. The summed E-state index contributed by atoms with van der Waals surface area (Å²) in [6.07, 6.45) is -0.931. The molecule has 0 bridgehead atoms. The first-order chi connectivity index (χ1) is 11.7. The normalized spacial score (nSPS) is 13.3. The maximum Gasteiger partial charge on any atom is 1.00 e. The molecule has 2 rings (SSSR count). The average molecular weight is 408 g/mol. The van der Waals surface area contributed by atoms with Crippen LogP contribution in [0.3, 0.4) is 0 Å². The summed E-state index contributed by atoms with van der Waals surface area (Å²) in [6, 6.07) is 12.6. The predicted molar refractivity (Wildman–Crippen MR) is 88.4 cm³/mol. The van der Waals surface area contributed by atoms with Crippen LogP contribution < -0.4 is 43.7 Å². The minimum Gasteiger partial charge on any atom is -0.768 e. The molecule has 0 spiro atoms. The van der Waals surface area contributed by atoms with E-state index in [9.17, 15) is 28.0 Å². The van der Waals surface area contributed by atoms with Crippen molar-refractivity contribution in [3.63, 3.8) is 0 Å². The number of nitro groups is 1. The SMILES string of the molecule is O=[N+]([O-])c1ccc(OP(=O)([O-])CNS(=O)(=O)Cc2ccccc2)cc1.[Na+]. The van der Waals surface area contributed by atoms with E-state index in [0.717, 1.165) is 24.3 Å². The van der Waals surface area contributed by atoms with Gasteiger partial charge in [0, 0.05) is 12.1 Å². The number of sulfonamides is 1.